The highest BCUT2D eigenvalue weighted by Crippen LogP contribution is 2.22. The molecule has 1 amide bonds. The van der Waals surface area contributed by atoms with Crippen LogP contribution in [-0.4, -0.2) is 35.4 Å². The quantitative estimate of drug-likeness (QED) is 0.822. The Balaban J connectivity index is 2.06. The number of pyridine rings is 1. The lowest BCUT2D eigenvalue weighted by molar-refractivity contribution is 0.0934. The Labute approximate surface area is 134 Å². The van der Waals surface area contributed by atoms with Crippen molar-refractivity contribution in [2.45, 2.75) is 19.9 Å². The fraction of sp³-hybridized carbons (Fsp3) is 0.375. The Kier molecular flexibility index (Phi) is 5.91. The average Bonchev–Trinajstić information content (AvgIpc) is 3.06. The highest BCUT2D eigenvalue weighted by molar-refractivity contribution is 7.07. The fourth-order valence-electron chi connectivity index (χ4n) is 2.43. The normalized spacial score (nSPS) is 12.3. The van der Waals surface area contributed by atoms with Gasteiger partial charge in [-0.2, -0.15) is 11.3 Å². The van der Waals surface area contributed by atoms with E-state index in [1.807, 2.05) is 0 Å². The van der Waals surface area contributed by atoms with Gasteiger partial charge < -0.3 is 10.3 Å². The molecule has 0 bridgehead atoms. The zero-order chi connectivity index (χ0) is 15.9. The van der Waals surface area contributed by atoms with Crippen molar-refractivity contribution in [1.82, 2.24) is 15.2 Å². The SMILES string of the molecule is CCN(CC)C(CNC(=O)c1ccc(=O)[nH]c1)c1ccsc1. The number of H-pyrrole nitrogens is 1. The standard InChI is InChI=1S/C16H21N3O2S/c1-3-19(4-2)14(13-7-8-22-11-13)10-18-16(21)12-5-6-15(20)17-9-12/h5-9,11,14H,3-4,10H2,1-2H3,(H,17,20)(H,18,21). The van der Waals surface area contributed by atoms with Gasteiger partial charge in [-0.05, 0) is 41.5 Å². The predicted octanol–water partition coefficient (Wildman–Crippen LogP) is 2.25. The van der Waals surface area contributed by atoms with E-state index < -0.39 is 0 Å². The van der Waals surface area contributed by atoms with Crippen LogP contribution in [0, 0.1) is 0 Å². The number of aromatic amines is 1. The lowest BCUT2D eigenvalue weighted by Gasteiger charge is -2.29. The van der Waals surface area contributed by atoms with E-state index in [0.29, 0.717) is 12.1 Å². The number of hydrogen-bond acceptors (Lipinski definition) is 4. The third-order valence-electron chi connectivity index (χ3n) is 3.68. The average molecular weight is 319 g/mol. The summed E-state index contributed by atoms with van der Waals surface area (Å²) in [6.07, 6.45) is 1.44. The van der Waals surface area contributed by atoms with Gasteiger partial charge in [0.05, 0.1) is 11.6 Å². The minimum absolute atomic E-state index is 0.160. The summed E-state index contributed by atoms with van der Waals surface area (Å²) in [6, 6.07) is 5.15. The molecule has 6 heteroatoms. The number of thiophene rings is 1. The van der Waals surface area contributed by atoms with Gasteiger partial charge in [-0.3, -0.25) is 14.5 Å². The molecular formula is C16H21N3O2S. The van der Waals surface area contributed by atoms with Crippen LogP contribution in [0.25, 0.3) is 0 Å². The molecule has 2 heterocycles. The second-order valence-electron chi connectivity index (χ2n) is 4.95. The molecule has 0 aromatic carbocycles. The van der Waals surface area contributed by atoms with Gasteiger partial charge in [-0.1, -0.05) is 13.8 Å². The first-order valence-electron chi connectivity index (χ1n) is 7.38. The molecule has 0 fully saturated rings. The van der Waals surface area contributed by atoms with Crippen LogP contribution >= 0.6 is 11.3 Å². The zero-order valence-corrected chi connectivity index (χ0v) is 13.7. The van der Waals surface area contributed by atoms with Crippen LogP contribution in [-0.2, 0) is 0 Å². The Morgan fingerprint density at radius 3 is 2.64 bits per heavy atom. The van der Waals surface area contributed by atoms with Gasteiger partial charge >= 0.3 is 0 Å². The molecule has 22 heavy (non-hydrogen) atoms. The number of likely N-dealkylation sites (N-methyl/N-ethyl adjacent to an activating group) is 1. The highest BCUT2D eigenvalue weighted by atomic mass is 32.1. The molecule has 0 aliphatic rings. The number of nitrogens with zero attached hydrogens (tertiary/aromatic N) is 1. The highest BCUT2D eigenvalue weighted by Gasteiger charge is 2.19. The van der Waals surface area contributed by atoms with E-state index in [-0.39, 0.29) is 17.5 Å². The number of amides is 1. The Bertz CT molecular complexity index is 627. The first-order valence-corrected chi connectivity index (χ1v) is 8.33. The van der Waals surface area contributed by atoms with Crippen LogP contribution in [0.3, 0.4) is 0 Å². The van der Waals surface area contributed by atoms with Gasteiger partial charge in [0.15, 0.2) is 0 Å². The van der Waals surface area contributed by atoms with E-state index in [9.17, 15) is 9.59 Å². The van der Waals surface area contributed by atoms with Gasteiger partial charge in [-0.25, -0.2) is 0 Å². The number of carbonyl (C=O) groups excluding carboxylic acids is 1. The molecule has 2 N–H and O–H groups in total. The minimum Gasteiger partial charge on any atom is -0.350 e. The third kappa shape index (κ3) is 4.05. The van der Waals surface area contributed by atoms with Crippen molar-refractivity contribution < 1.29 is 4.79 Å². The van der Waals surface area contributed by atoms with Crippen molar-refractivity contribution in [2.75, 3.05) is 19.6 Å². The van der Waals surface area contributed by atoms with Gasteiger partial charge in [-0.15, -0.1) is 0 Å². The van der Waals surface area contributed by atoms with Crippen LogP contribution in [0.5, 0.6) is 0 Å². The van der Waals surface area contributed by atoms with Crippen molar-refractivity contribution in [3.63, 3.8) is 0 Å². The van der Waals surface area contributed by atoms with Gasteiger partial charge in [0, 0.05) is 18.8 Å². The first kappa shape index (κ1) is 16.5. The Morgan fingerprint density at radius 2 is 2.09 bits per heavy atom. The summed E-state index contributed by atoms with van der Waals surface area (Å²) in [5, 5.41) is 7.13. The van der Waals surface area contributed by atoms with Crippen molar-refractivity contribution in [1.29, 1.82) is 0 Å². The molecule has 2 aromatic heterocycles. The largest absolute Gasteiger partial charge is 0.350 e. The summed E-state index contributed by atoms with van der Waals surface area (Å²) in [4.78, 5) is 28.1. The van der Waals surface area contributed by atoms with E-state index in [0.717, 1.165) is 13.1 Å². The van der Waals surface area contributed by atoms with Crippen LogP contribution in [0.4, 0.5) is 0 Å². The molecule has 2 aromatic rings. The molecule has 1 atom stereocenters. The summed E-state index contributed by atoms with van der Waals surface area (Å²) >= 11 is 1.66. The maximum atomic E-state index is 12.2. The molecule has 0 spiro atoms. The lowest BCUT2D eigenvalue weighted by atomic mass is 10.1. The molecule has 0 radical (unpaired) electrons. The van der Waals surface area contributed by atoms with Crippen LogP contribution in [0.2, 0.25) is 0 Å². The predicted molar refractivity (Wildman–Crippen MR) is 89.4 cm³/mol. The second-order valence-corrected chi connectivity index (χ2v) is 5.73. The molecule has 118 valence electrons. The molecule has 0 saturated carbocycles. The lowest BCUT2D eigenvalue weighted by Crippen LogP contribution is -2.38. The van der Waals surface area contributed by atoms with Gasteiger partial charge in [0.1, 0.15) is 0 Å². The molecule has 0 aliphatic carbocycles. The van der Waals surface area contributed by atoms with Crippen molar-refractivity contribution in [3.05, 3.63) is 56.6 Å². The topological polar surface area (TPSA) is 65.2 Å². The number of aromatic nitrogens is 1. The molecule has 0 aliphatic heterocycles. The van der Waals surface area contributed by atoms with Crippen molar-refractivity contribution >= 4 is 17.2 Å². The van der Waals surface area contributed by atoms with Crippen molar-refractivity contribution in [3.8, 4) is 0 Å². The Morgan fingerprint density at radius 1 is 1.32 bits per heavy atom. The number of rotatable bonds is 7. The monoisotopic (exact) mass is 319 g/mol. The number of hydrogen-bond donors (Lipinski definition) is 2. The van der Waals surface area contributed by atoms with Gasteiger partial charge in [0.2, 0.25) is 5.56 Å². The number of nitrogens with one attached hydrogen (secondary N) is 2. The second kappa shape index (κ2) is 7.91. The van der Waals surface area contributed by atoms with Crippen molar-refractivity contribution in [2.24, 2.45) is 0 Å². The Hall–Kier alpha value is -1.92. The molecule has 1 unspecified atom stereocenters. The summed E-state index contributed by atoms with van der Waals surface area (Å²) in [5.41, 5.74) is 1.47. The summed E-state index contributed by atoms with van der Waals surface area (Å²) in [5.74, 6) is -0.177. The summed E-state index contributed by atoms with van der Waals surface area (Å²) in [6.45, 7) is 6.62. The maximum absolute atomic E-state index is 12.2. The molecule has 2 rings (SSSR count). The summed E-state index contributed by atoms with van der Waals surface area (Å²) in [7, 11) is 0. The molecular weight excluding hydrogens is 298 g/mol. The van der Waals surface area contributed by atoms with E-state index in [1.54, 1.807) is 11.3 Å². The molecule has 5 nitrogen and oxygen atoms in total. The van der Waals surface area contributed by atoms with Crippen LogP contribution < -0.4 is 10.9 Å². The smallest absolute Gasteiger partial charge is 0.252 e. The van der Waals surface area contributed by atoms with E-state index in [1.165, 1.54) is 23.9 Å². The number of carbonyl (C=O) groups is 1. The summed E-state index contributed by atoms with van der Waals surface area (Å²) < 4.78 is 0. The third-order valence-corrected chi connectivity index (χ3v) is 4.38. The molecule has 0 saturated heterocycles. The van der Waals surface area contributed by atoms with Gasteiger partial charge in [0.25, 0.3) is 5.91 Å². The van der Waals surface area contributed by atoms with E-state index in [2.05, 4.69) is 45.9 Å². The van der Waals surface area contributed by atoms with E-state index >= 15 is 0 Å². The van der Waals surface area contributed by atoms with Crippen LogP contribution in [0.15, 0.2) is 40.0 Å². The maximum Gasteiger partial charge on any atom is 0.252 e. The van der Waals surface area contributed by atoms with E-state index in [4.69, 9.17) is 0 Å². The minimum atomic E-state index is -0.212. The fourth-order valence-corrected chi connectivity index (χ4v) is 3.14. The first-order chi connectivity index (χ1) is 10.7. The van der Waals surface area contributed by atoms with Crippen LogP contribution in [0.1, 0.15) is 35.8 Å². The zero-order valence-electron chi connectivity index (χ0n) is 12.8.